The molecule has 4 heterocycles. The summed E-state index contributed by atoms with van der Waals surface area (Å²) in [4.78, 5) is 46.8. The third kappa shape index (κ3) is 4.58. The molecule has 11 nitrogen and oxygen atoms in total. The molecule has 0 spiro atoms. The van der Waals surface area contributed by atoms with Crippen LogP contribution in [0, 0.1) is 5.82 Å². The van der Waals surface area contributed by atoms with Crippen molar-refractivity contribution in [1.82, 2.24) is 34.8 Å². The van der Waals surface area contributed by atoms with Crippen LogP contribution in [0.4, 0.5) is 10.2 Å². The van der Waals surface area contributed by atoms with Crippen LogP contribution >= 0.6 is 0 Å². The molecule has 1 atom stereocenters. The Kier molecular flexibility index (Phi) is 6.50. The lowest BCUT2D eigenvalue weighted by atomic mass is 10.1. The number of benzene rings is 2. The van der Waals surface area contributed by atoms with Crippen molar-refractivity contribution in [2.45, 2.75) is 18.9 Å². The van der Waals surface area contributed by atoms with Crippen LogP contribution < -0.4 is 11.1 Å². The van der Waals surface area contributed by atoms with E-state index in [9.17, 15) is 19.1 Å². The Labute approximate surface area is 249 Å². The summed E-state index contributed by atoms with van der Waals surface area (Å²) in [5.41, 5.74) is 11.8. The highest BCUT2D eigenvalue weighted by atomic mass is 19.1. The Morgan fingerprint density at radius 1 is 1.05 bits per heavy atom. The molecule has 0 bridgehead atoms. The minimum atomic E-state index is -1.04. The van der Waals surface area contributed by atoms with E-state index in [-0.39, 0.29) is 17.2 Å². The predicted octanol–water partition coefficient (Wildman–Crippen LogP) is 4.60. The summed E-state index contributed by atoms with van der Waals surface area (Å²) in [6.07, 6.45) is 8.06. The van der Waals surface area contributed by atoms with Gasteiger partial charge in [0, 0.05) is 29.8 Å². The highest BCUT2D eigenvalue weighted by Crippen LogP contribution is 2.36. The molecule has 0 radical (unpaired) electrons. The van der Waals surface area contributed by atoms with E-state index in [2.05, 4.69) is 20.3 Å². The second kappa shape index (κ2) is 10.7. The average Bonchev–Trinajstić information content (AvgIpc) is 3.63. The van der Waals surface area contributed by atoms with Crippen molar-refractivity contribution in [1.29, 1.82) is 0 Å². The van der Waals surface area contributed by atoms with Crippen LogP contribution in [0.25, 0.3) is 39.6 Å². The van der Waals surface area contributed by atoms with Gasteiger partial charge in [0.2, 0.25) is 0 Å². The Morgan fingerprint density at radius 3 is 2.73 bits per heavy atom. The van der Waals surface area contributed by atoms with Gasteiger partial charge in [-0.15, -0.1) is 0 Å². The summed E-state index contributed by atoms with van der Waals surface area (Å²) < 4.78 is 16.0. The normalized spacial score (nSPS) is 14.0. The fraction of sp³-hybridized carbons (Fsp3) is 0.0938. The maximum atomic E-state index is 14.1. The molecule has 44 heavy (non-hydrogen) atoms. The molecular weight excluding hydrogens is 563 g/mol. The monoisotopic (exact) mass is 586 g/mol. The number of fused-ring (bicyclic) bond motifs is 2. The number of phenols is 1. The Morgan fingerprint density at radius 2 is 1.93 bits per heavy atom. The van der Waals surface area contributed by atoms with Crippen LogP contribution in [0.15, 0.2) is 79.4 Å². The van der Waals surface area contributed by atoms with Gasteiger partial charge in [-0.2, -0.15) is 0 Å². The number of rotatable bonds is 6. The number of imidazole rings is 1. The first-order chi connectivity index (χ1) is 21.4. The lowest BCUT2D eigenvalue weighted by molar-refractivity contribution is 0.0936. The van der Waals surface area contributed by atoms with Crippen LogP contribution in [-0.4, -0.2) is 46.8 Å². The summed E-state index contributed by atoms with van der Waals surface area (Å²) in [5, 5.41) is 12.6. The van der Waals surface area contributed by atoms with E-state index in [1.54, 1.807) is 30.9 Å². The van der Waals surface area contributed by atoms with Crippen molar-refractivity contribution in [2.75, 3.05) is 5.73 Å². The van der Waals surface area contributed by atoms with Gasteiger partial charge in [-0.1, -0.05) is 6.07 Å². The molecule has 0 saturated carbocycles. The third-order valence-electron chi connectivity index (χ3n) is 7.66. The number of nitrogens with one attached hydrogen (secondary N) is 1. The lowest BCUT2D eigenvalue weighted by Gasteiger charge is -2.16. The lowest BCUT2D eigenvalue weighted by Crippen LogP contribution is -2.27. The summed E-state index contributed by atoms with van der Waals surface area (Å²) in [5.74, 6) is -1.48. The van der Waals surface area contributed by atoms with Crippen LogP contribution in [0.1, 0.15) is 44.3 Å². The summed E-state index contributed by atoms with van der Waals surface area (Å²) >= 11 is 0. The Bertz CT molecular complexity index is 2100. The van der Waals surface area contributed by atoms with Gasteiger partial charge in [0.05, 0.1) is 29.1 Å². The molecule has 6 aromatic rings. The zero-order valence-corrected chi connectivity index (χ0v) is 23.0. The molecule has 216 valence electrons. The molecule has 12 heteroatoms. The van der Waals surface area contributed by atoms with Crippen molar-refractivity contribution in [3.05, 3.63) is 107 Å². The van der Waals surface area contributed by atoms with Gasteiger partial charge in [-0.3, -0.25) is 24.1 Å². The van der Waals surface area contributed by atoms with E-state index in [4.69, 9.17) is 15.7 Å². The molecule has 1 aliphatic carbocycles. The standard InChI is InChI=1S/C32H23FN8O3/c33-23-14-18(12-19(16-42)28(23)43)32(44)40-24-6-3-17-13-20(4-5-21(17)24)41-30(22-2-1-9-37-29(22)34)39-26-8-7-25(38-31(26)41)27-15-35-10-11-36-27/h1-2,4-5,7-16,24,43H,3,6H2,(H2,34,37)(H,40,44)/t24-/m0/s1. The molecule has 1 amide bonds. The minimum absolute atomic E-state index is 0.0546. The SMILES string of the molecule is Nc1ncccc1-c1nc2ccc(-c3cnccn3)nc2n1-c1ccc2c(c1)CC[C@@H]2NC(=O)c1cc(F)c(O)c(C=O)c1. The molecule has 0 fully saturated rings. The number of aryl methyl sites for hydroxylation is 1. The van der Waals surface area contributed by atoms with Crippen molar-refractivity contribution in [2.24, 2.45) is 0 Å². The molecule has 4 aromatic heterocycles. The maximum Gasteiger partial charge on any atom is 0.251 e. The summed E-state index contributed by atoms with van der Waals surface area (Å²) in [6, 6.07) is 15.0. The number of anilines is 1. The van der Waals surface area contributed by atoms with Crippen molar-refractivity contribution < 1.29 is 19.1 Å². The Balaban J connectivity index is 1.29. The molecule has 1 aliphatic rings. The topological polar surface area (TPSA) is 162 Å². The molecule has 7 rings (SSSR count). The smallest absolute Gasteiger partial charge is 0.251 e. The molecule has 2 aromatic carbocycles. The van der Waals surface area contributed by atoms with Gasteiger partial charge in [0.15, 0.2) is 29.3 Å². The van der Waals surface area contributed by atoms with E-state index in [1.807, 2.05) is 41.0 Å². The number of halogens is 1. The first-order valence-electron chi connectivity index (χ1n) is 13.7. The number of pyridine rings is 2. The van der Waals surface area contributed by atoms with E-state index < -0.39 is 17.5 Å². The number of aldehydes is 1. The first-order valence-corrected chi connectivity index (χ1v) is 13.7. The number of nitrogens with zero attached hydrogens (tertiary/aromatic N) is 6. The molecule has 0 saturated heterocycles. The van der Waals surface area contributed by atoms with Crippen molar-refractivity contribution in [3.63, 3.8) is 0 Å². The van der Waals surface area contributed by atoms with Gasteiger partial charge in [-0.05, 0) is 72.5 Å². The van der Waals surface area contributed by atoms with Crippen LogP contribution in [0.2, 0.25) is 0 Å². The first kappa shape index (κ1) is 26.8. The zero-order chi connectivity index (χ0) is 30.4. The van der Waals surface area contributed by atoms with E-state index in [1.165, 1.54) is 0 Å². The zero-order valence-electron chi connectivity index (χ0n) is 23.0. The maximum absolute atomic E-state index is 14.1. The van der Waals surface area contributed by atoms with Gasteiger partial charge in [0.1, 0.15) is 17.0 Å². The number of hydrogen-bond acceptors (Lipinski definition) is 9. The number of carbonyl (C=O) groups excluding carboxylic acids is 2. The third-order valence-corrected chi connectivity index (χ3v) is 7.66. The van der Waals surface area contributed by atoms with E-state index in [0.717, 1.165) is 28.9 Å². The highest BCUT2D eigenvalue weighted by Gasteiger charge is 2.27. The Hall–Kier alpha value is -6.04. The second-order valence-electron chi connectivity index (χ2n) is 10.3. The largest absolute Gasteiger partial charge is 0.504 e. The number of nitrogen functional groups attached to an aromatic ring is 1. The average molecular weight is 587 g/mol. The number of nitrogens with two attached hydrogens (primary N) is 1. The highest BCUT2D eigenvalue weighted by molar-refractivity contribution is 5.97. The van der Waals surface area contributed by atoms with E-state index >= 15 is 0 Å². The number of amides is 1. The number of aromatic nitrogens is 6. The van der Waals surface area contributed by atoms with E-state index in [0.29, 0.717) is 58.9 Å². The van der Waals surface area contributed by atoms with Crippen molar-refractivity contribution >= 4 is 29.2 Å². The summed E-state index contributed by atoms with van der Waals surface area (Å²) in [6.45, 7) is 0. The molecular formula is C32H23FN8O3. The van der Waals surface area contributed by atoms with Gasteiger partial charge < -0.3 is 16.2 Å². The fourth-order valence-electron chi connectivity index (χ4n) is 5.54. The van der Waals surface area contributed by atoms with Gasteiger partial charge in [-0.25, -0.2) is 19.3 Å². The molecule has 0 unspecified atom stereocenters. The second-order valence-corrected chi connectivity index (χ2v) is 10.3. The van der Waals surface area contributed by atoms with Gasteiger partial charge >= 0.3 is 0 Å². The summed E-state index contributed by atoms with van der Waals surface area (Å²) in [7, 11) is 0. The number of phenolic OH excluding ortho intramolecular Hbond substituents is 1. The quantitative estimate of drug-likeness (QED) is 0.237. The number of hydrogen-bond donors (Lipinski definition) is 3. The molecule has 4 N–H and O–H groups in total. The van der Waals surface area contributed by atoms with Crippen LogP contribution in [0.5, 0.6) is 5.75 Å². The van der Waals surface area contributed by atoms with Crippen LogP contribution in [-0.2, 0) is 6.42 Å². The predicted molar refractivity (Wildman–Crippen MR) is 160 cm³/mol. The minimum Gasteiger partial charge on any atom is -0.504 e. The number of carbonyl (C=O) groups is 2. The molecule has 0 aliphatic heterocycles. The van der Waals surface area contributed by atoms with Crippen LogP contribution in [0.3, 0.4) is 0 Å². The van der Waals surface area contributed by atoms with Gasteiger partial charge in [0.25, 0.3) is 5.91 Å². The fourth-order valence-corrected chi connectivity index (χ4v) is 5.54. The van der Waals surface area contributed by atoms with Crippen molar-refractivity contribution in [3.8, 4) is 34.2 Å². The number of aromatic hydroxyl groups is 1.